The summed E-state index contributed by atoms with van der Waals surface area (Å²) in [4.78, 5) is 28.0. The van der Waals surface area contributed by atoms with Gasteiger partial charge in [-0.15, -0.1) is 0 Å². The maximum Gasteiger partial charge on any atom is 0.258 e. The normalized spacial score (nSPS) is 11.4. The molecule has 0 saturated heterocycles. The van der Waals surface area contributed by atoms with Gasteiger partial charge in [-0.2, -0.15) is 0 Å². The van der Waals surface area contributed by atoms with Crippen LogP contribution in [0.2, 0.25) is 0 Å². The Hall–Kier alpha value is -3.15. The SMILES string of the molecule is CC(=O)NNC(=O)Cn1c(-c2ccc(C(C)(C)C)cc2)nc2ccccc21. The molecule has 0 saturated carbocycles. The Balaban J connectivity index is 1.99. The Labute approximate surface area is 158 Å². The number of hydrazine groups is 1. The molecular formula is C21H24N4O2. The molecule has 0 radical (unpaired) electrons. The first kappa shape index (κ1) is 18.6. The lowest BCUT2D eigenvalue weighted by Gasteiger charge is -2.19. The van der Waals surface area contributed by atoms with Crippen molar-refractivity contribution >= 4 is 22.8 Å². The molecule has 0 spiro atoms. The average Bonchev–Trinajstić information content (AvgIpc) is 2.98. The van der Waals surface area contributed by atoms with Gasteiger partial charge in [0.25, 0.3) is 5.91 Å². The number of para-hydroxylation sites is 2. The van der Waals surface area contributed by atoms with Crippen molar-refractivity contribution in [1.29, 1.82) is 0 Å². The summed E-state index contributed by atoms with van der Waals surface area (Å²) in [5, 5.41) is 0. The summed E-state index contributed by atoms with van der Waals surface area (Å²) in [5.41, 5.74) is 8.64. The van der Waals surface area contributed by atoms with Gasteiger partial charge in [-0.3, -0.25) is 20.4 Å². The Morgan fingerprint density at radius 1 is 1.00 bits per heavy atom. The number of nitrogens with one attached hydrogen (secondary N) is 2. The second-order valence-corrected chi connectivity index (χ2v) is 7.57. The van der Waals surface area contributed by atoms with E-state index in [1.54, 1.807) is 0 Å². The minimum Gasteiger partial charge on any atom is -0.314 e. The number of nitrogens with zero attached hydrogens (tertiary/aromatic N) is 2. The van der Waals surface area contributed by atoms with Gasteiger partial charge in [-0.1, -0.05) is 57.2 Å². The van der Waals surface area contributed by atoms with Crippen molar-refractivity contribution in [3.63, 3.8) is 0 Å². The number of carbonyl (C=O) groups is 2. The topological polar surface area (TPSA) is 76.0 Å². The Bertz CT molecular complexity index is 982. The van der Waals surface area contributed by atoms with Gasteiger partial charge in [-0.05, 0) is 23.1 Å². The second kappa shape index (κ2) is 7.23. The minimum absolute atomic E-state index is 0.0527. The number of hydrogen-bond donors (Lipinski definition) is 2. The van der Waals surface area contributed by atoms with Crippen LogP contribution >= 0.6 is 0 Å². The Morgan fingerprint density at radius 3 is 2.30 bits per heavy atom. The molecule has 2 aromatic carbocycles. The zero-order valence-electron chi connectivity index (χ0n) is 16.0. The molecular weight excluding hydrogens is 340 g/mol. The van der Waals surface area contributed by atoms with Crippen molar-refractivity contribution in [2.75, 3.05) is 0 Å². The van der Waals surface area contributed by atoms with Gasteiger partial charge < -0.3 is 4.57 Å². The second-order valence-electron chi connectivity index (χ2n) is 7.57. The number of benzene rings is 2. The van der Waals surface area contributed by atoms with Crippen LogP contribution in [0.1, 0.15) is 33.3 Å². The first-order valence-corrected chi connectivity index (χ1v) is 8.87. The molecule has 140 valence electrons. The summed E-state index contributed by atoms with van der Waals surface area (Å²) in [6.45, 7) is 7.91. The highest BCUT2D eigenvalue weighted by Gasteiger charge is 2.17. The predicted octanol–water partition coefficient (Wildman–Crippen LogP) is 3.17. The summed E-state index contributed by atoms with van der Waals surface area (Å²) in [6, 6.07) is 15.9. The molecule has 6 nitrogen and oxygen atoms in total. The van der Waals surface area contributed by atoms with Crippen molar-refractivity contribution in [2.24, 2.45) is 0 Å². The molecule has 0 unspecified atom stereocenters. The number of fused-ring (bicyclic) bond motifs is 1. The van der Waals surface area contributed by atoms with Gasteiger partial charge in [0.05, 0.1) is 11.0 Å². The quantitative estimate of drug-likeness (QED) is 0.701. The fourth-order valence-electron chi connectivity index (χ4n) is 2.92. The number of aromatic nitrogens is 2. The van der Waals surface area contributed by atoms with Crippen molar-refractivity contribution in [3.8, 4) is 11.4 Å². The average molecular weight is 364 g/mol. The van der Waals surface area contributed by atoms with E-state index < -0.39 is 0 Å². The van der Waals surface area contributed by atoms with Crippen molar-refractivity contribution < 1.29 is 9.59 Å². The Morgan fingerprint density at radius 2 is 1.67 bits per heavy atom. The van der Waals surface area contributed by atoms with E-state index in [1.165, 1.54) is 12.5 Å². The van der Waals surface area contributed by atoms with Gasteiger partial charge in [0.1, 0.15) is 12.4 Å². The van der Waals surface area contributed by atoms with E-state index in [1.807, 2.05) is 41.0 Å². The number of amides is 2. The minimum atomic E-state index is -0.322. The van der Waals surface area contributed by atoms with Crippen LogP contribution in [-0.2, 0) is 21.5 Å². The van der Waals surface area contributed by atoms with E-state index in [-0.39, 0.29) is 23.8 Å². The van der Waals surface area contributed by atoms with E-state index in [9.17, 15) is 9.59 Å². The first-order chi connectivity index (χ1) is 12.8. The molecule has 2 N–H and O–H groups in total. The third-order valence-electron chi connectivity index (χ3n) is 4.34. The monoisotopic (exact) mass is 364 g/mol. The van der Waals surface area contributed by atoms with E-state index in [4.69, 9.17) is 4.98 Å². The fourth-order valence-corrected chi connectivity index (χ4v) is 2.92. The zero-order chi connectivity index (χ0) is 19.6. The molecule has 0 aliphatic carbocycles. The molecule has 0 bridgehead atoms. The summed E-state index contributed by atoms with van der Waals surface area (Å²) in [6.07, 6.45) is 0. The van der Waals surface area contributed by atoms with Gasteiger partial charge in [0.15, 0.2) is 0 Å². The van der Waals surface area contributed by atoms with Crippen LogP contribution in [0.4, 0.5) is 0 Å². The van der Waals surface area contributed by atoms with Crippen molar-refractivity contribution in [1.82, 2.24) is 20.4 Å². The summed E-state index contributed by atoms with van der Waals surface area (Å²) < 4.78 is 1.86. The van der Waals surface area contributed by atoms with E-state index in [0.717, 1.165) is 22.4 Å². The molecule has 0 aliphatic rings. The van der Waals surface area contributed by atoms with Crippen LogP contribution in [-0.4, -0.2) is 21.4 Å². The lowest BCUT2D eigenvalue weighted by molar-refractivity contribution is -0.128. The number of imidazole rings is 1. The van der Waals surface area contributed by atoms with Crippen LogP contribution in [0.3, 0.4) is 0 Å². The maximum atomic E-state index is 12.3. The summed E-state index contributed by atoms with van der Waals surface area (Å²) in [7, 11) is 0. The van der Waals surface area contributed by atoms with E-state index in [2.05, 4.69) is 43.8 Å². The predicted molar refractivity (Wildman–Crippen MR) is 106 cm³/mol. The van der Waals surface area contributed by atoms with E-state index >= 15 is 0 Å². The standard InChI is InChI=1S/C21H24N4O2/c1-14(26)23-24-19(27)13-25-18-8-6-5-7-17(18)22-20(25)15-9-11-16(12-10-15)21(2,3)4/h5-12H,13H2,1-4H3,(H,23,26)(H,24,27). The number of carbonyl (C=O) groups excluding carboxylic acids is 2. The molecule has 3 rings (SSSR count). The van der Waals surface area contributed by atoms with Crippen LogP contribution < -0.4 is 10.9 Å². The zero-order valence-corrected chi connectivity index (χ0v) is 16.0. The van der Waals surface area contributed by atoms with Gasteiger partial charge >= 0.3 is 0 Å². The lowest BCUT2D eigenvalue weighted by Crippen LogP contribution is -2.42. The summed E-state index contributed by atoms with van der Waals surface area (Å²) in [5.74, 6) is 0.0763. The molecule has 2 amide bonds. The van der Waals surface area contributed by atoms with Gasteiger partial charge in [0, 0.05) is 12.5 Å². The van der Waals surface area contributed by atoms with Crippen LogP contribution in [0.15, 0.2) is 48.5 Å². The number of rotatable bonds is 3. The van der Waals surface area contributed by atoms with Gasteiger partial charge in [0.2, 0.25) is 5.91 Å². The van der Waals surface area contributed by atoms with Crippen molar-refractivity contribution in [2.45, 2.75) is 39.7 Å². The van der Waals surface area contributed by atoms with Gasteiger partial charge in [-0.25, -0.2) is 4.98 Å². The molecule has 1 heterocycles. The third kappa shape index (κ3) is 4.16. The molecule has 0 aliphatic heterocycles. The maximum absolute atomic E-state index is 12.3. The Kier molecular flexibility index (Phi) is 4.99. The fraction of sp³-hybridized carbons (Fsp3) is 0.286. The highest BCUT2D eigenvalue weighted by molar-refractivity contribution is 5.85. The third-order valence-corrected chi connectivity index (χ3v) is 4.34. The molecule has 27 heavy (non-hydrogen) atoms. The highest BCUT2D eigenvalue weighted by atomic mass is 16.2. The van der Waals surface area contributed by atoms with Crippen molar-refractivity contribution in [3.05, 3.63) is 54.1 Å². The first-order valence-electron chi connectivity index (χ1n) is 8.87. The molecule has 3 aromatic rings. The van der Waals surface area contributed by atoms with E-state index in [0.29, 0.717) is 0 Å². The van der Waals surface area contributed by atoms with Crippen LogP contribution in [0.5, 0.6) is 0 Å². The molecule has 6 heteroatoms. The smallest absolute Gasteiger partial charge is 0.258 e. The molecule has 1 aromatic heterocycles. The van der Waals surface area contributed by atoms with Crippen LogP contribution in [0.25, 0.3) is 22.4 Å². The molecule has 0 fully saturated rings. The van der Waals surface area contributed by atoms with Crippen LogP contribution in [0, 0.1) is 0 Å². The number of hydrogen-bond acceptors (Lipinski definition) is 3. The lowest BCUT2D eigenvalue weighted by atomic mass is 9.87. The molecule has 0 atom stereocenters. The summed E-state index contributed by atoms with van der Waals surface area (Å²) >= 11 is 0. The largest absolute Gasteiger partial charge is 0.314 e. The highest BCUT2D eigenvalue weighted by Crippen LogP contribution is 2.28.